The van der Waals surface area contributed by atoms with Gasteiger partial charge >= 0.3 is 0 Å². The number of rotatable bonds is 1. The molecule has 0 amide bonds. The molecule has 0 aromatic heterocycles. The fourth-order valence-corrected chi connectivity index (χ4v) is 5.25. The first kappa shape index (κ1) is 9.93. The average molecular weight is 204 g/mol. The van der Waals surface area contributed by atoms with Gasteiger partial charge in [0.05, 0.1) is 0 Å². The highest BCUT2D eigenvalue weighted by atomic mass is 14.7. The molecule has 0 radical (unpaired) electrons. The lowest BCUT2D eigenvalue weighted by Crippen LogP contribution is -2.63. The molecule has 0 aromatic rings. The molecule has 0 aliphatic heterocycles. The predicted octanol–water partition coefficient (Wildman–Crippen LogP) is 4.27. The monoisotopic (exact) mass is 204 g/mol. The zero-order chi connectivity index (χ0) is 10.8. The fraction of sp³-hybridized carbons (Fsp3) is 0.867. The van der Waals surface area contributed by atoms with Gasteiger partial charge in [-0.25, -0.2) is 0 Å². The van der Waals surface area contributed by atoms with Gasteiger partial charge in [0.15, 0.2) is 0 Å². The summed E-state index contributed by atoms with van der Waals surface area (Å²) < 4.78 is 0. The standard InChI is InChI=1S/C15H24/c1-9(2)11-7-8-15(4)12-6-5-10(3)14(15)13(11)12/h5,9,11-14H,6-8H2,1-4H3/t11-,12-,13-,14+,15+/m1/s1. The van der Waals surface area contributed by atoms with Crippen molar-refractivity contribution in [3.63, 3.8) is 0 Å². The number of hydrogen-bond donors (Lipinski definition) is 0. The zero-order valence-electron chi connectivity index (χ0n) is 10.6. The quantitative estimate of drug-likeness (QED) is 0.559. The Morgan fingerprint density at radius 1 is 1.40 bits per heavy atom. The third-order valence-corrected chi connectivity index (χ3v) is 5.96. The van der Waals surface area contributed by atoms with E-state index in [-0.39, 0.29) is 0 Å². The Labute approximate surface area is 94.1 Å². The summed E-state index contributed by atoms with van der Waals surface area (Å²) >= 11 is 0. The number of fused-ring (bicyclic) bond motifs is 1. The highest BCUT2D eigenvalue weighted by Gasteiger charge is 2.64. The Morgan fingerprint density at radius 3 is 2.73 bits per heavy atom. The van der Waals surface area contributed by atoms with E-state index in [0.29, 0.717) is 5.41 Å². The summed E-state index contributed by atoms with van der Waals surface area (Å²) in [5.41, 5.74) is 2.42. The first-order chi connectivity index (χ1) is 7.05. The average Bonchev–Trinajstić information content (AvgIpc) is 2.17. The lowest BCUT2D eigenvalue weighted by molar-refractivity contribution is -0.181. The summed E-state index contributed by atoms with van der Waals surface area (Å²) in [5.74, 6) is 4.96. The normalized spacial score (nSPS) is 52.5. The van der Waals surface area contributed by atoms with Crippen LogP contribution in [0.1, 0.15) is 47.0 Å². The van der Waals surface area contributed by atoms with Crippen molar-refractivity contribution in [2.24, 2.45) is 35.0 Å². The summed E-state index contributed by atoms with van der Waals surface area (Å²) in [6.45, 7) is 9.81. The molecule has 4 aliphatic carbocycles. The topological polar surface area (TPSA) is 0 Å². The van der Waals surface area contributed by atoms with Crippen molar-refractivity contribution < 1.29 is 0 Å². The molecular weight excluding hydrogens is 180 g/mol. The van der Waals surface area contributed by atoms with Crippen LogP contribution in [0.4, 0.5) is 0 Å². The molecule has 0 N–H and O–H groups in total. The minimum Gasteiger partial charge on any atom is -0.0850 e. The van der Waals surface area contributed by atoms with Crippen LogP contribution in [0.15, 0.2) is 11.6 Å². The second kappa shape index (κ2) is 2.90. The Balaban J connectivity index is 1.95. The lowest BCUT2D eigenvalue weighted by Gasteiger charge is -2.70. The van der Waals surface area contributed by atoms with Crippen LogP contribution in [-0.2, 0) is 0 Å². The van der Waals surface area contributed by atoms with Gasteiger partial charge < -0.3 is 0 Å². The minimum atomic E-state index is 0.703. The molecule has 0 aromatic carbocycles. The first-order valence-corrected chi connectivity index (χ1v) is 6.72. The van der Waals surface area contributed by atoms with Crippen LogP contribution in [0, 0.1) is 35.0 Å². The molecule has 0 heteroatoms. The maximum atomic E-state index is 2.56. The van der Waals surface area contributed by atoms with Crippen molar-refractivity contribution >= 4 is 0 Å². The summed E-state index contributed by atoms with van der Waals surface area (Å²) in [7, 11) is 0. The van der Waals surface area contributed by atoms with Crippen LogP contribution in [0.2, 0.25) is 0 Å². The Morgan fingerprint density at radius 2 is 2.13 bits per heavy atom. The second-order valence-corrected chi connectivity index (χ2v) is 6.80. The Kier molecular flexibility index (Phi) is 1.92. The summed E-state index contributed by atoms with van der Waals surface area (Å²) in [6.07, 6.45) is 6.90. The predicted molar refractivity (Wildman–Crippen MR) is 64.5 cm³/mol. The summed E-state index contributed by atoms with van der Waals surface area (Å²) in [4.78, 5) is 0. The minimum absolute atomic E-state index is 0.703. The molecule has 0 unspecified atom stereocenters. The Bertz CT molecular complexity index is 312. The van der Waals surface area contributed by atoms with Crippen LogP contribution in [0.25, 0.3) is 0 Å². The maximum Gasteiger partial charge on any atom is -0.0115 e. The molecule has 0 heterocycles. The van der Waals surface area contributed by atoms with Crippen LogP contribution in [0.5, 0.6) is 0 Å². The lowest BCUT2D eigenvalue weighted by atomic mass is 9.34. The van der Waals surface area contributed by atoms with Crippen LogP contribution >= 0.6 is 0 Å². The van der Waals surface area contributed by atoms with E-state index in [1.165, 1.54) is 19.3 Å². The SMILES string of the molecule is CC1=CC[C@@H]2[C@H]3[C@@H](C(C)C)CC[C@]2(C)[C@@H]13. The van der Waals surface area contributed by atoms with E-state index in [9.17, 15) is 0 Å². The summed E-state index contributed by atoms with van der Waals surface area (Å²) in [5, 5.41) is 0. The van der Waals surface area contributed by atoms with Gasteiger partial charge in [-0.15, -0.1) is 0 Å². The maximum absolute atomic E-state index is 2.56. The molecule has 2 saturated carbocycles. The van der Waals surface area contributed by atoms with Gasteiger partial charge in [-0.3, -0.25) is 0 Å². The molecule has 0 saturated heterocycles. The van der Waals surface area contributed by atoms with Crippen molar-refractivity contribution in [2.45, 2.75) is 47.0 Å². The molecular formula is C15H24. The first-order valence-electron chi connectivity index (χ1n) is 6.72. The van der Waals surface area contributed by atoms with Gasteiger partial charge in [0.25, 0.3) is 0 Å². The van der Waals surface area contributed by atoms with Crippen molar-refractivity contribution in [3.8, 4) is 0 Å². The van der Waals surface area contributed by atoms with Gasteiger partial charge in [-0.1, -0.05) is 32.4 Å². The van der Waals surface area contributed by atoms with E-state index in [0.717, 1.165) is 29.6 Å². The van der Waals surface area contributed by atoms with E-state index in [4.69, 9.17) is 0 Å². The Hall–Kier alpha value is -0.260. The van der Waals surface area contributed by atoms with E-state index < -0.39 is 0 Å². The largest absolute Gasteiger partial charge is 0.0850 e. The smallest absolute Gasteiger partial charge is 0.0115 e. The van der Waals surface area contributed by atoms with E-state index >= 15 is 0 Å². The third kappa shape index (κ3) is 1.04. The second-order valence-electron chi connectivity index (χ2n) is 6.80. The molecule has 5 atom stereocenters. The van der Waals surface area contributed by atoms with Crippen LogP contribution in [0.3, 0.4) is 0 Å². The molecule has 0 spiro atoms. The van der Waals surface area contributed by atoms with Crippen molar-refractivity contribution in [2.75, 3.05) is 0 Å². The van der Waals surface area contributed by atoms with E-state index in [1.807, 2.05) is 0 Å². The van der Waals surface area contributed by atoms with Gasteiger partial charge in [-0.2, -0.15) is 0 Å². The molecule has 4 aliphatic rings. The van der Waals surface area contributed by atoms with Gasteiger partial charge in [0, 0.05) is 0 Å². The van der Waals surface area contributed by atoms with Crippen molar-refractivity contribution in [3.05, 3.63) is 11.6 Å². The highest BCUT2D eigenvalue weighted by Crippen LogP contribution is 2.71. The third-order valence-electron chi connectivity index (χ3n) is 5.96. The molecule has 0 nitrogen and oxygen atoms in total. The van der Waals surface area contributed by atoms with Gasteiger partial charge in [0.1, 0.15) is 0 Å². The van der Waals surface area contributed by atoms with Gasteiger partial charge in [-0.05, 0) is 61.2 Å². The molecule has 4 rings (SSSR count). The highest BCUT2D eigenvalue weighted by molar-refractivity contribution is 5.28. The fourth-order valence-electron chi connectivity index (χ4n) is 5.25. The van der Waals surface area contributed by atoms with Gasteiger partial charge in [0.2, 0.25) is 0 Å². The summed E-state index contributed by atoms with van der Waals surface area (Å²) in [6, 6.07) is 0. The molecule has 2 fully saturated rings. The van der Waals surface area contributed by atoms with Crippen LogP contribution in [-0.4, -0.2) is 0 Å². The zero-order valence-corrected chi connectivity index (χ0v) is 10.6. The number of hydrogen-bond acceptors (Lipinski definition) is 0. The van der Waals surface area contributed by atoms with E-state index in [1.54, 1.807) is 5.57 Å². The van der Waals surface area contributed by atoms with Crippen LogP contribution < -0.4 is 0 Å². The number of allylic oxidation sites excluding steroid dienone is 2. The van der Waals surface area contributed by atoms with Crippen molar-refractivity contribution in [1.82, 2.24) is 0 Å². The van der Waals surface area contributed by atoms with E-state index in [2.05, 4.69) is 33.8 Å². The van der Waals surface area contributed by atoms with Crippen molar-refractivity contribution in [1.29, 1.82) is 0 Å². The molecule has 4 bridgehead atoms. The molecule has 84 valence electrons. The molecule has 15 heavy (non-hydrogen) atoms.